The minimum absolute atomic E-state index is 0.0902. The predicted molar refractivity (Wildman–Crippen MR) is 90.1 cm³/mol. The number of nitrogens with zero attached hydrogens (tertiary/aromatic N) is 2. The lowest BCUT2D eigenvalue weighted by Gasteiger charge is -2.23. The average molecular weight is 342 g/mol. The van der Waals surface area contributed by atoms with E-state index >= 15 is 0 Å². The van der Waals surface area contributed by atoms with Gasteiger partial charge in [0.15, 0.2) is 0 Å². The van der Waals surface area contributed by atoms with Gasteiger partial charge in [0, 0.05) is 22.9 Å². The number of amides is 1. The fraction of sp³-hybridized carbons (Fsp3) is 0.111. The monoisotopic (exact) mass is 341 g/mol. The van der Waals surface area contributed by atoms with Gasteiger partial charge in [0.1, 0.15) is 11.6 Å². The quantitative estimate of drug-likeness (QED) is 0.761. The summed E-state index contributed by atoms with van der Waals surface area (Å²) in [5.41, 5.74) is 2.61. The lowest BCUT2D eigenvalue weighted by Crippen LogP contribution is -2.24. The van der Waals surface area contributed by atoms with Crippen LogP contribution in [0.3, 0.4) is 0 Å². The second kappa shape index (κ2) is 5.76. The van der Waals surface area contributed by atoms with Crippen LogP contribution in [0.1, 0.15) is 23.5 Å². The molecule has 24 heavy (non-hydrogen) atoms. The molecule has 2 aromatic carbocycles. The van der Waals surface area contributed by atoms with Gasteiger partial charge in [-0.2, -0.15) is 5.10 Å². The van der Waals surface area contributed by atoms with Crippen LogP contribution >= 0.6 is 11.6 Å². The van der Waals surface area contributed by atoms with Crippen LogP contribution in [0.25, 0.3) is 5.69 Å². The molecule has 1 N–H and O–H groups in total. The molecule has 2 heterocycles. The maximum Gasteiger partial charge on any atom is 0.226 e. The van der Waals surface area contributed by atoms with E-state index < -0.39 is 0 Å². The van der Waals surface area contributed by atoms with Gasteiger partial charge >= 0.3 is 0 Å². The third-order valence-electron chi connectivity index (χ3n) is 4.16. The average Bonchev–Trinajstić information content (AvgIpc) is 2.99. The first-order chi connectivity index (χ1) is 11.6. The molecular formula is C18H13ClFN3O. The van der Waals surface area contributed by atoms with Crippen molar-refractivity contribution in [2.24, 2.45) is 0 Å². The number of hydrogen-bond acceptors (Lipinski definition) is 2. The Morgan fingerprint density at radius 3 is 2.54 bits per heavy atom. The smallest absolute Gasteiger partial charge is 0.226 e. The summed E-state index contributed by atoms with van der Waals surface area (Å²) in [5.74, 6) is 0.113. The van der Waals surface area contributed by atoms with Gasteiger partial charge < -0.3 is 5.32 Å². The van der Waals surface area contributed by atoms with Gasteiger partial charge in [0.25, 0.3) is 0 Å². The maximum absolute atomic E-state index is 13.2. The summed E-state index contributed by atoms with van der Waals surface area (Å²) in [6.07, 6.45) is 2.06. The van der Waals surface area contributed by atoms with E-state index in [1.165, 1.54) is 12.1 Å². The van der Waals surface area contributed by atoms with Crippen molar-refractivity contribution in [2.75, 3.05) is 5.32 Å². The van der Waals surface area contributed by atoms with Crippen LogP contribution < -0.4 is 5.32 Å². The molecule has 0 saturated heterocycles. The highest BCUT2D eigenvalue weighted by molar-refractivity contribution is 6.30. The van der Waals surface area contributed by atoms with Crippen LogP contribution in [0.5, 0.6) is 0 Å². The number of nitrogens with one attached hydrogen (secondary N) is 1. The minimum Gasteiger partial charge on any atom is -0.310 e. The van der Waals surface area contributed by atoms with Crippen LogP contribution in [-0.2, 0) is 4.79 Å². The zero-order chi connectivity index (χ0) is 16.7. The third-order valence-corrected chi connectivity index (χ3v) is 4.42. The van der Waals surface area contributed by atoms with Crippen LogP contribution in [-0.4, -0.2) is 15.7 Å². The first-order valence-corrected chi connectivity index (χ1v) is 7.89. The minimum atomic E-state index is -0.295. The predicted octanol–water partition coefficient (Wildman–Crippen LogP) is 4.14. The lowest BCUT2D eigenvalue weighted by atomic mass is 9.87. The van der Waals surface area contributed by atoms with E-state index in [4.69, 9.17) is 11.6 Å². The topological polar surface area (TPSA) is 46.9 Å². The highest BCUT2D eigenvalue weighted by atomic mass is 35.5. The summed E-state index contributed by atoms with van der Waals surface area (Å²) in [5, 5.41) is 7.93. The summed E-state index contributed by atoms with van der Waals surface area (Å²) in [4.78, 5) is 12.2. The number of carbonyl (C=O) groups excluding carboxylic acids is 1. The van der Waals surface area contributed by atoms with Crippen molar-refractivity contribution in [2.45, 2.75) is 12.3 Å². The lowest BCUT2D eigenvalue weighted by molar-refractivity contribution is -0.116. The van der Waals surface area contributed by atoms with Crippen molar-refractivity contribution in [1.82, 2.24) is 9.78 Å². The van der Waals surface area contributed by atoms with E-state index in [1.807, 2.05) is 12.1 Å². The zero-order valence-electron chi connectivity index (χ0n) is 12.5. The third kappa shape index (κ3) is 2.57. The molecule has 1 aromatic heterocycles. The van der Waals surface area contributed by atoms with E-state index in [1.54, 1.807) is 35.1 Å². The number of anilines is 1. The summed E-state index contributed by atoms with van der Waals surface area (Å²) >= 11 is 5.93. The Kier molecular flexibility index (Phi) is 3.58. The first kappa shape index (κ1) is 14.9. The molecular weight excluding hydrogens is 329 g/mol. The Bertz CT molecular complexity index is 903. The highest BCUT2D eigenvalue weighted by Crippen LogP contribution is 2.38. The molecule has 1 aliphatic heterocycles. The van der Waals surface area contributed by atoms with Gasteiger partial charge in [-0.05, 0) is 42.0 Å². The van der Waals surface area contributed by atoms with E-state index in [0.717, 1.165) is 16.8 Å². The largest absolute Gasteiger partial charge is 0.310 e. The number of aromatic nitrogens is 2. The molecule has 4 nitrogen and oxygen atoms in total. The normalized spacial score (nSPS) is 16.6. The van der Waals surface area contributed by atoms with Crippen LogP contribution in [0.4, 0.5) is 10.2 Å². The van der Waals surface area contributed by atoms with Crippen molar-refractivity contribution < 1.29 is 9.18 Å². The van der Waals surface area contributed by atoms with Crippen LogP contribution in [0, 0.1) is 5.82 Å². The van der Waals surface area contributed by atoms with E-state index in [-0.39, 0.29) is 17.6 Å². The molecule has 1 amide bonds. The number of benzene rings is 2. The Morgan fingerprint density at radius 1 is 1.12 bits per heavy atom. The Balaban J connectivity index is 1.80. The molecule has 6 heteroatoms. The van der Waals surface area contributed by atoms with Crippen LogP contribution in [0.2, 0.25) is 5.02 Å². The Hall–Kier alpha value is -2.66. The standard InChI is InChI=1S/C18H13ClFN3O/c19-12-3-7-14(8-4-12)23-18-16(10-21-23)15(9-17(24)22-18)11-1-5-13(20)6-2-11/h1-8,10,15H,9H2,(H,22,24). The summed E-state index contributed by atoms with van der Waals surface area (Å²) < 4.78 is 14.9. The number of hydrogen-bond donors (Lipinski definition) is 1. The molecule has 1 unspecified atom stereocenters. The second-order valence-electron chi connectivity index (χ2n) is 5.69. The molecule has 0 aliphatic carbocycles. The molecule has 0 bridgehead atoms. The van der Waals surface area contributed by atoms with Crippen molar-refractivity contribution in [3.05, 3.63) is 76.7 Å². The molecule has 0 radical (unpaired) electrons. The number of rotatable bonds is 2. The SMILES string of the molecule is O=C1CC(c2ccc(F)cc2)c2cnn(-c3ccc(Cl)cc3)c2N1. The van der Waals surface area contributed by atoms with E-state index in [9.17, 15) is 9.18 Å². The zero-order valence-corrected chi connectivity index (χ0v) is 13.3. The second-order valence-corrected chi connectivity index (χ2v) is 6.13. The first-order valence-electron chi connectivity index (χ1n) is 7.51. The number of carbonyl (C=O) groups is 1. The van der Waals surface area contributed by atoms with Gasteiger partial charge in [0.2, 0.25) is 5.91 Å². The molecule has 120 valence electrons. The van der Waals surface area contributed by atoms with Crippen molar-refractivity contribution in [1.29, 1.82) is 0 Å². The molecule has 0 spiro atoms. The van der Waals surface area contributed by atoms with Crippen molar-refractivity contribution in [3.63, 3.8) is 0 Å². The summed E-state index contributed by atoms with van der Waals surface area (Å²) in [6, 6.07) is 13.5. The summed E-state index contributed by atoms with van der Waals surface area (Å²) in [7, 11) is 0. The van der Waals surface area contributed by atoms with Crippen molar-refractivity contribution >= 4 is 23.3 Å². The fourth-order valence-corrected chi connectivity index (χ4v) is 3.12. The highest BCUT2D eigenvalue weighted by Gasteiger charge is 2.30. The van der Waals surface area contributed by atoms with E-state index in [2.05, 4.69) is 10.4 Å². The van der Waals surface area contributed by atoms with Crippen LogP contribution in [0.15, 0.2) is 54.7 Å². The molecule has 1 aliphatic rings. The van der Waals surface area contributed by atoms with Gasteiger partial charge in [-0.15, -0.1) is 0 Å². The molecule has 3 aromatic rings. The molecule has 1 atom stereocenters. The summed E-state index contributed by atoms with van der Waals surface area (Å²) in [6.45, 7) is 0. The molecule has 0 saturated carbocycles. The fourth-order valence-electron chi connectivity index (χ4n) is 2.99. The van der Waals surface area contributed by atoms with Crippen molar-refractivity contribution in [3.8, 4) is 5.69 Å². The Morgan fingerprint density at radius 2 is 1.83 bits per heavy atom. The number of fused-ring (bicyclic) bond motifs is 1. The van der Waals surface area contributed by atoms with Gasteiger partial charge in [-0.3, -0.25) is 4.79 Å². The number of halogens is 2. The molecule has 4 rings (SSSR count). The van der Waals surface area contributed by atoms with E-state index in [0.29, 0.717) is 17.3 Å². The Labute approximate surface area is 142 Å². The van der Waals surface area contributed by atoms with Gasteiger partial charge in [-0.25, -0.2) is 9.07 Å². The van der Waals surface area contributed by atoms with Gasteiger partial charge in [-0.1, -0.05) is 23.7 Å². The molecule has 0 fully saturated rings. The maximum atomic E-state index is 13.2. The van der Waals surface area contributed by atoms with Gasteiger partial charge in [0.05, 0.1) is 11.9 Å².